The van der Waals surface area contributed by atoms with Crippen LogP contribution in [0.25, 0.3) is 0 Å². The molecule has 0 aliphatic carbocycles. The first-order valence-electron chi connectivity index (χ1n) is 5.71. The zero-order valence-electron chi connectivity index (χ0n) is 10.2. The van der Waals surface area contributed by atoms with Gasteiger partial charge in [0.25, 0.3) is 5.91 Å². The summed E-state index contributed by atoms with van der Waals surface area (Å²) in [7, 11) is 0. The highest BCUT2D eigenvalue weighted by Crippen LogP contribution is 2.21. The van der Waals surface area contributed by atoms with Crippen LogP contribution in [0.1, 0.15) is 26.5 Å². The molecule has 1 aromatic heterocycles. The van der Waals surface area contributed by atoms with Gasteiger partial charge in [-0.05, 0) is 26.3 Å². The van der Waals surface area contributed by atoms with Crippen molar-refractivity contribution in [2.75, 3.05) is 6.61 Å². The van der Waals surface area contributed by atoms with Crippen molar-refractivity contribution in [3.05, 3.63) is 21.4 Å². The molecule has 1 amide bonds. The maximum absolute atomic E-state index is 12.1. The van der Waals surface area contributed by atoms with E-state index in [9.17, 15) is 9.59 Å². The van der Waals surface area contributed by atoms with Crippen molar-refractivity contribution in [2.24, 2.45) is 0 Å². The maximum atomic E-state index is 12.1. The zero-order chi connectivity index (χ0) is 13.3. The first-order chi connectivity index (χ1) is 8.49. The van der Waals surface area contributed by atoms with Crippen LogP contribution < -0.4 is 5.32 Å². The minimum atomic E-state index is -1.03. The SMILES string of the molecule is Cc1cc(C(=O)N[C@@H]2CCO[C@@H]2C(=O)O)c(C)s1. The highest BCUT2D eigenvalue weighted by molar-refractivity contribution is 7.12. The first-order valence-corrected chi connectivity index (χ1v) is 6.53. The van der Waals surface area contributed by atoms with Crippen LogP contribution in [0.4, 0.5) is 0 Å². The van der Waals surface area contributed by atoms with Gasteiger partial charge in [0.05, 0.1) is 11.6 Å². The number of carboxylic acid groups (broad SMARTS) is 1. The van der Waals surface area contributed by atoms with Gasteiger partial charge in [-0.15, -0.1) is 11.3 Å². The molecule has 5 nitrogen and oxygen atoms in total. The Morgan fingerprint density at radius 2 is 2.22 bits per heavy atom. The number of thiophene rings is 1. The average molecular weight is 269 g/mol. The Morgan fingerprint density at radius 1 is 1.50 bits per heavy atom. The molecule has 2 heterocycles. The summed E-state index contributed by atoms with van der Waals surface area (Å²) in [5.74, 6) is -1.25. The van der Waals surface area contributed by atoms with Crippen molar-refractivity contribution in [3.8, 4) is 0 Å². The van der Waals surface area contributed by atoms with Crippen LogP contribution in [0.5, 0.6) is 0 Å². The van der Waals surface area contributed by atoms with Crippen molar-refractivity contribution >= 4 is 23.2 Å². The molecule has 0 unspecified atom stereocenters. The monoisotopic (exact) mass is 269 g/mol. The van der Waals surface area contributed by atoms with Gasteiger partial charge in [0.1, 0.15) is 0 Å². The fourth-order valence-electron chi connectivity index (χ4n) is 2.08. The summed E-state index contributed by atoms with van der Waals surface area (Å²) in [5.41, 5.74) is 0.619. The smallest absolute Gasteiger partial charge is 0.334 e. The summed E-state index contributed by atoms with van der Waals surface area (Å²) in [4.78, 5) is 25.0. The molecular formula is C12H15NO4S. The predicted octanol–water partition coefficient (Wildman–Crippen LogP) is 1.34. The topological polar surface area (TPSA) is 75.6 Å². The number of amides is 1. The van der Waals surface area contributed by atoms with Crippen LogP contribution in [-0.2, 0) is 9.53 Å². The lowest BCUT2D eigenvalue weighted by atomic mass is 10.1. The van der Waals surface area contributed by atoms with E-state index in [4.69, 9.17) is 9.84 Å². The number of hydrogen-bond acceptors (Lipinski definition) is 4. The number of aryl methyl sites for hydroxylation is 2. The molecule has 2 N–H and O–H groups in total. The summed E-state index contributed by atoms with van der Waals surface area (Å²) in [6.07, 6.45) is -0.404. The summed E-state index contributed by atoms with van der Waals surface area (Å²) in [6, 6.07) is 1.37. The molecule has 1 aromatic rings. The summed E-state index contributed by atoms with van der Waals surface area (Å²) in [6.45, 7) is 4.18. The Hall–Kier alpha value is -1.40. The lowest BCUT2D eigenvalue weighted by Gasteiger charge is -2.16. The van der Waals surface area contributed by atoms with Crippen LogP contribution in [0.15, 0.2) is 6.07 Å². The highest BCUT2D eigenvalue weighted by Gasteiger charge is 2.35. The fourth-order valence-corrected chi connectivity index (χ4v) is 3.00. The molecule has 0 bridgehead atoms. The van der Waals surface area contributed by atoms with E-state index in [1.54, 1.807) is 11.3 Å². The number of hydrogen-bond donors (Lipinski definition) is 2. The van der Waals surface area contributed by atoms with Gasteiger partial charge in [-0.3, -0.25) is 4.79 Å². The van der Waals surface area contributed by atoms with Crippen molar-refractivity contribution < 1.29 is 19.4 Å². The normalized spacial score (nSPS) is 23.0. The molecule has 1 saturated heterocycles. The minimum absolute atomic E-state index is 0.224. The number of carbonyl (C=O) groups is 2. The third kappa shape index (κ3) is 2.54. The molecule has 18 heavy (non-hydrogen) atoms. The molecule has 6 heteroatoms. The molecule has 0 saturated carbocycles. The number of nitrogens with one attached hydrogen (secondary N) is 1. The fraction of sp³-hybridized carbons (Fsp3) is 0.500. The number of ether oxygens (including phenoxy) is 1. The standard InChI is InChI=1S/C12H15NO4S/c1-6-5-8(7(2)18-6)11(14)13-9-3-4-17-10(9)12(15)16/h5,9-10H,3-4H2,1-2H3,(H,13,14)(H,15,16)/t9-,10+/m1/s1. The van der Waals surface area contributed by atoms with Crippen LogP contribution in [-0.4, -0.2) is 35.7 Å². The quantitative estimate of drug-likeness (QED) is 0.868. The Bertz CT molecular complexity index is 482. The third-order valence-corrected chi connectivity index (χ3v) is 3.90. The molecule has 98 valence electrons. The van der Waals surface area contributed by atoms with Gasteiger partial charge in [0.15, 0.2) is 6.10 Å². The number of carbonyl (C=O) groups excluding carboxylic acids is 1. The molecule has 1 fully saturated rings. The van der Waals surface area contributed by atoms with Gasteiger partial charge in [-0.25, -0.2) is 4.79 Å². The third-order valence-electron chi connectivity index (χ3n) is 2.94. The largest absolute Gasteiger partial charge is 0.479 e. The van der Waals surface area contributed by atoms with E-state index in [0.29, 0.717) is 18.6 Å². The molecule has 0 aromatic carbocycles. The van der Waals surface area contributed by atoms with E-state index in [1.165, 1.54) is 0 Å². The molecule has 1 aliphatic heterocycles. The van der Waals surface area contributed by atoms with E-state index in [2.05, 4.69) is 5.32 Å². The van der Waals surface area contributed by atoms with Crippen molar-refractivity contribution in [1.29, 1.82) is 0 Å². The Kier molecular flexibility index (Phi) is 3.68. The Morgan fingerprint density at radius 3 is 2.78 bits per heavy atom. The van der Waals surface area contributed by atoms with E-state index in [-0.39, 0.29) is 5.91 Å². The molecule has 2 rings (SSSR count). The first kappa shape index (κ1) is 13.0. The number of carboxylic acids is 1. The van der Waals surface area contributed by atoms with Crippen LogP contribution in [0, 0.1) is 13.8 Å². The number of aliphatic carboxylic acids is 1. The Labute approximate surface area is 109 Å². The van der Waals surface area contributed by atoms with Gasteiger partial charge in [0.2, 0.25) is 0 Å². The molecule has 1 aliphatic rings. The highest BCUT2D eigenvalue weighted by atomic mass is 32.1. The van der Waals surface area contributed by atoms with E-state index < -0.39 is 18.1 Å². The summed E-state index contributed by atoms with van der Waals surface area (Å²) < 4.78 is 5.09. The van der Waals surface area contributed by atoms with Crippen molar-refractivity contribution in [1.82, 2.24) is 5.32 Å². The second kappa shape index (κ2) is 5.07. The molecular weight excluding hydrogens is 254 g/mol. The van der Waals surface area contributed by atoms with Crippen LogP contribution in [0.2, 0.25) is 0 Å². The predicted molar refractivity (Wildman–Crippen MR) is 67.0 cm³/mol. The molecule has 0 radical (unpaired) electrons. The van der Waals surface area contributed by atoms with Crippen LogP contribution >= 0.6 is 11.3 Å². The second-order valence-electron chi connectivity index (χ2n) is 4.33. The van der Waals surface area contributed by atoms with Gasteiger partial charge < -0.3 is 15.2 Å². The van der Waals surface area contributed by atoms with E-state index in [1.807, 2.05) is 19.9 Å². The van der Waals surface area contributed by atoms with Gasteiger partial charge in [-0.1, -0.05) is 0 Å². The Balaban J connectivity index is 2.07. The zero-order valence-corrected chi connectivity index (χ0v) is 11.0. The lowest BCUT2D eigenvalue weighted by Crippen LogP contribution is -2.44. The van der Waals surface area contributed by atoms with Crippen LogP contribution in [0.3, 0.4) is 0 Å². The van der Waals surface area contributed by atoms with Gasteiger partial charge >= 0.3 is 5.97 Å². The number of rotatable bonds is 3. The summed E-state index contributed by atoms with van der Waals surface area (Å²) in [5, 5.41) is 11.7. The molecule has 2 atom stereocenters. The average Bonchev–Trinajstić information content (AvgIpc) is 2.85. The van der Waals surface area contributed by atoms with Crippen molar-refractivity contribution in [2.45, 2.75) is 32.4 Å². The van der Waals surface area contributed by atoms with Gasteiger partial charge in [0, 0.05) is 16.4 Å². The van der Waals surface area contributed by atoms with Crippen molar-refractivity contribution in [3.63, 3.8) is 0 Å². The van der Waals surface area contributed by atoms with E-state index in [0.717, 1.165) is 9.75 Å². The molecule has 0 spiro atoms. The van der Waals surface area contributed by atoms with E-state index >= 15 is 0 Å². The lowest BCUT2D eigenvalue weighted by molar-refractivity contribution is -0.148. The summed E-state index contributed by atoms with van der Waals surface area (Å²) >= 11 is 1.55. The van der Waals surface area contributed by atoms with Gasteiger partial charge in [-0.2, -0.15) is 0 Å². The second-order valence-corrected chi connectivity index (χ2v) is 5.79. The maximum Gasteiger partial charge on any atom is 0.334 e. The minimum Gasteiger partial charge on any atom is -0.479 e.